The minimum absolute atomic E-state index is 0.151. The van der Waals surface area contributed by atoms with Crippen molar-refractivity contribution >= 4 is 17.7 Å². The van der Waals surface area contributed by atoms with Gasteiger partial charge in [0.25, 0.3) is 0 Å². The van der Waals surface area contributed by atoms with Crippen molar-refractivity contribution in [2.24, 2.45) is 0 Å². The lowest BCUT2D eigenvalue weighted by atomic mass is 10.1. The number of amides is 1. The van der Waals surface area contributed by atoms with Gasteiger partial charge in [-0.25, -0.2) is 4.79 Å². The van der Waals surface area contributed by atoms with Crippen molar-refractivity contribution in [1.82, 2.24) is 5.32 Å². The number of hydrogen-bond donors (Lipinski definition) is 1. The number of carbonyl (C=O) groups excluding carboxylic acids is 1. The van der Waals surface area contributed by atoms with E-state index in [4.69, 9.17) is 21.6 Å². The zero-order valence-electron chi connectivity index (χ0n) is 12.2. The predicted octanol–water partition coefficient (Wildman–Crippen LogP) is 3.49. The molecule has 0 fully saturated rings. The monoisotopic (exact) mass is 324 g/mol. The van der Waals surface area contributed by atoms with E-state index in [1.807, 2.05) is 36.4 Å². The largest absolute Gasteiger partial charge is 0.445 e. The molecule has 0 aliphatic rings. The van der Waals surface area contributed by atoms with E-state index in [9.17, 15) is 4.79 Å². The lowest BCUT2D eigenvalue weighted by Gasteiger charge is -2.04. The molecular formula is C18H13ClN2O2. The molecule has 0 unspecified atom stereocenters. The fourth-order valence-corrected chi connectivity index (χ4v) is 1.89. The Morgan fingerprint density at radius 1 is 1.22 bits per heavy atom. The molecule has 5 heteroatoms. The third-order valence-electron chi connectivity index (χ3n) is 2.85. The third-order valence-corrected chi connectivity index (χ3v) is 3.18. The van der Waals surface area contributed by atoms with Gasteiger partial charge in [-0.15, -0.1) is 0 Å². The zero-order chi connectivity index (χ0) is 16.5. The molecule has 2 aromatic carbocycles. The summed E-state index contributed by atoms with van der Waals surface area (Å²) >= 11 is 5.84. The number of nitrogens with one attached hydrogen (secondary N) is 1. The summed E-state index contributed by atoms with van der Waals surface area (Å²) in [6, 6.07) is 16.3. The van der Waals surface area contributed by atoms with E-state index in [1.165, 1.54) is 0 Å². The first-order valence-corrected chi connectivity index (χ1v) is 7.20. The van der Waals surface area contributed by atoms with E-state index in [0.717, 1.165) is 5.56 Å². The van der Waals surface area contributed by atoms with Gasteiger partial charge >= 0.3 is 6.09 Å². The van der Waals surface area contributed by atoms with Crippen molar-refractivity contribution in [1.29, 1.82) is 5.26 Å². The Bertz CT molecular complexity index is 786. The number of alkyl carbamates (subject to hydrolysis) is 1. The van der Waals surface area contributed by atoms with E-state index in [1.54, 1.807) is 18.2 Å². The summed E-state index contributed by atoms with van der Waals surface area (Å²) in [5, 5.41) is 11.8. The van der Waals surface area contributed by atoms with Crippen LogP contribution in [0.4, 0.5) is 4.79 Å². The van der Waals surface area contributed by atoms with Crippen LogP contribution in [0.25, 0.3) is 0 Å². The first-order chi connectivity index (χ1) is 11.2. The summed E-state index contributed by atoms with van der Waals surface area (Å²) < 4.78 is 5.05. The van der Waals surface area contributed by atoms with Gasteiger partial charge in [-0.3, -0.25) is 0 Å². The second kappa shape index (κ2) is 8.48. The average molecular weight is 325 g/mol. The molecule has 0 heterocycles. The molecule has 0 bridgehead atoms. The molecule has 114 valence electrons. The number of benzene rings is 2. The highest BCUT2D eigenvalue weighted by Crippen LogP contribution is 2.15. The molecule has 2 aromatic rings. The normalized spacial score (nSPS) is 9.22. The Morgan fingerprint density at radius 2 is 2.00 bits per heavy atom. The minimum Gasteiger partial charge on any atom is -0.445 e. The summed E-state index contributed by atoms with van der Waals surface area (Å²) in [7, 11) is 0. The molecule has 0 spiro atoms. The smallest absolute Gasteiger partial charge is 0.408 e. The van der Waals surface area contributed by atoms with Crippen LogP contribution in [0.2, 0.25) is 5.02 Å². The van der Waals surface area contributed by atoms with Crippen LogP contribution in [-0.2, 0) is 11.3 Å². The zero-order valence-corrected chi connectivity index (χ0v) is 12.9. The highest BCUT2D eigenvalue weighted by atomic mass is 35.5. The van der Waals surface area contributed by atoms with Crippen LogP contribution in [0.5, 0.6) is 0 Å². The maximum atomic E-state index is 11.5. The van der Waals surface area contributed by atoms with Gasteiger partial charge in [0.2, 0.25) is 0 Å². The first kappa shape index (κ1) is 16.4. The molecule has 0 aromatic heterocycles. The highest BCUT2D eigenvalue weighted by molar-refractivity contribution is 6.31. The Labute approximate surface area is 139 Å². The standard InChI is InChI=1S/C18H13ClN2O2/c19-17-9-8-14(11-16(17)12-20)7-4-10-21-18(22)23-13-15-5-2-1-3-6-15/h1-3,5-6,8-9,11H,10,13H2,(H,21,22). The van der Waals surface area contributed by atoms with Crippen molar-refractivity contribution in [2.45, 2.75) is 6.61 Å². The lowest BCUT2D eigenvalue weighted by Crippen LogP contribution is -2.24. The molecule has 0 atom stereocenters. The number of ether oxygens (including phenoxy) is 1. The van der Waals surface area contributed by atoms with E-state index >= 15 is 0 Å². The molecule has 0 aliphatic carbocycles. The first-order valence-electron chi connectivity index (χ1n) is 6.82. The van der Waals surface area contributed by atoms with Gasteiger partial charge in [0.15, 0.2) is 0 Å². The van der Waals surface area contributed by atoms with Gasteiger partial charge in [-0.1, -0.05) is 53.8 Å². The molecule has 1 amide bonds. The van der Waals surface area contributed by atoms with Crippen LogP contribution in [0, 0.1) is 23.2 Å². The van der Waals surface area contributed by atoms with Gasteiger partial charge in [0, 0.05) is 5.56 Å². The van der Waals surface area contributed by atoms with Crippen molar-refractivity contribution in [3.05, 3.63) is 70.2 Å². The van der Waals surface area contributed by atoms with Crippen LogP contribution in [0.1, 0.15) is 16.7 Å². The van der Waals surface area contributed by atoms with E-state index < -0.39 is 6.09 Å². The number of nitrogens with zero attached hydrogens (tertiary/aromatic N) is 1. The predicted molar refractivity (Wildman–Crippen MR) is 87.7 cm³/mol. The average Bonchev–Trinajstić information content (AvgIpc) is 2.59. The maximum absolute atomic E-state index is 11.5. The van der Waals surface area contributed by atoms with Gasteiger partial charge in [0.1, 0.15) is 12.7 Å². The molecule has 0 saturated heterocycles. The summed E-state index contributed by atoms with van der Waals surface area (Å²) in [4.78, 5) is 11.5. The van der Waals surface area contributed by atoms with Crippen LogP contribution >= 0.6 is 11.6 Å². The Kier molecular flexibility index (Phi) is 6.06. The molecule has 1 N–H and O–H groups in total. The van der Waals surface area contributed by atoms with E-state index in [0.29, 0.717) is 16.1 Å². The van der Waals surface area contributed by atoms with Gasteiger partial charge in [0.05, 0.1) is 17.1 Å². The second-order valence-electron chi connectivity index (χ2n) is 4.52. The number of hydrogen-bond acceptors (Lipinski definition) is 3. The lowest BCUT2D eigenvalue weighted by molar-refractivity contribution is 0.141. The molecule has 23 heavy (non-hydrogen) atoms. The summed E-state index contributed by atoms with van der Waals surface area (Å²) in [5.74, 6) is 5.63. The molecule has 4 nitrogen and oxygen atoms in total. The van der Waals surface area contributed by atoms with E-state index in [-0.39, 0.29) is 13.2 Å². The van der Waals surface area contributed by atoms with Gasteiger partial charge < -0.3 is 10.1 Å². The fourth-order valence-electron chi connectivity index (χ4n) is 1.73. The fraction of sp³-hybridized carbons (Fsp3) is 0.111. The summed E-state index contributed by atoms with van der Waals surface area (Å²) in [6.45, 7) is 0.362. The number of halogens is 1. The summed E-state index contributed by atoms with van der Waals surface area (Å²) in [5.41, 5.74) is 1.94. The Hall–Kier alpha value is -2.95. The molecule has 0 saturated carbocycles. The minimum atomic E-state index is -0.531. The van der Waals surface area contributed by atoms with Crippen molar-refractivity contribution in [3.63, 3.8) is 0 Å². The summed E-state index contributed by atoms with van der Waals surface area (Å²) in [6.07, 6.45) is -0.531. The SMILES string of the molecule is N#Cc1cc(C#CCNC(=O)OCc2ccccc2)ccc1Cl. The van der Waals surface area contributed by atoms with Crippen LogP contribution in [0.3, 0.4) is 0 Å². The maximum Gasteiger partial charge on any atom is 0.408 e. The van der Waals surface area contributed by atoms with Crippen molar-refractivity contribution in [3.8, 4) is 17.9 Å². The van der Waals surface area contributed by atoms with E-state index in [2.05, 4.69) is 17.2 Å². The highest BCUT2D eigenvalue weighted by Gasteiger charge is 2.01. The molecule has 2 rings (SSSR count). The van der Waals surface area contributed by atoms with Crippen LogP contribution in [-0.4, -0.2) is 12.6 Å². The second-order valence-corrected chi connectivity index (χ2v) is 4.93. The van der Waals surface area contributed by atoms with Crippen LogP contribution < -0.4 is 5.32 Å². The molecule has 0 radical (unpaired) electrons. The Balaban J connectivity index is 1.79. The topological polar surface area (TPSA) is 62.1 Å². The quantitative estimate of drug-likeness (QED) is 0.879. The number of rotatable bonds is 3. The third kappa shape index (κ3) is 5.39. The number of nitriles is 1. The van der Waals surface area contributed by atoms with Gasteiger partial charge in [-0.2, -0.15) is 5.26 Å². The Morgan fingerprint density at radius 3 is 2.74 bits per heavy atom. The molecule has 0 aliphatic heterocycles. The van der Waals surface area contributed by atoms with Crippen molar-refractivity contribution in [2.75, 3.05) is 6.54 Å². The van der Waals surface area contributed by atoms with Crippen molar-refractivity contribution < 1.29 is 9.53 Å². The number of carbonyl (C=O) groups is 1. The molecular weight excluding hydrogens is 312 g/mol. The van der Waals surface area contributed by atoms with Gasteiger partial charge in [-0.05, 0) is 23.8 Å². The van der Waals surface area contributed by atoms with Crippen LogP contribution in [0.15, 0.2) is 48.5 Å².